The van der Waals surface area contributed by atoms with Crippen LogP contribution in [0.3, 0.4) is 0 Å². The molecule has 2 fully saturated rings. The van der Waals surface area contributed by atoms with Crippen LogP contribution >= 0.6 is 11.6 Å². The molecule has 1 aromatic heterocycles. The van der Waals surface area contributed by atoms with Gasteiger partial charge in [0.05, 0.1) is 6.04 Å². The van der Waals surface area contributed by atoms with E-state index in [0.717, 1.165) is 0 Å². The molecule has 0 aliphatic heterocycles. The number of carbonyl (C=O) groups is 1. The van der Waals surface area contributed by atoms with E-state index in [9.17, 15) is 18.0 Å². The van der Waals surface area contributed by atoms with E-state index < -0.39 is 17.6 Å². The van der Waals surface area contributed by atoms with Crippen LogP contribution in [-0.4, -0.2) is 39.7 Å². The first kappa shape index (κ1) is 22.6. The first-order chi connectivity index (χ1) is 15.1. The zero-order chi connectivity index (χ0) is 23.1. The molecular weight excluding hydrogens is 445 g/mol. The van der Waals surface area contributed by atoms with Gasteiger partial charge in [0.15, 0.2) is 5.82 Å². The Morgan fingerprint density at radius 1 is 1.28 bits per heavy atom. The normalized spacial score (nSPS) is 24.7. The number of primary amides is 1. The molecule has 32 heavy (non-hydrogen) atoms. The molecule has 172 valence electrons. The van der Waals surface area contributed by atoms with Gasteiger partial charge in [-0.25, -0.2) is 0 Å². The van der Waals surface area contributed by atoms with Crippen LogP contribution in [0, 0.1) is 11.3 Å². The molecule has 7 nitrogen and oxygen atoms in total. The Hall–Kier alpha value is -2.59. The molecule has 0 bridgehead atoms. The van der Waals surface area contributed by atoms with Crippen LogP contribution in [0.4, 0.5) is 24.7 Å². The lowest BCUT2D eigenvalue weighted by Crippen LogP contribution is -2.52. The van der Waals surface area contributed by atoms with Crippen LogP contribution in [0.1, 0.15) is 48.5 Å². The fraction of sp³-hybridized carbons (Fsp3) is 0.476. The van der Waals surface area contributed by atoms with Gasteiger partial charge in [-0.1, -0.05) is 11.6 Å². The van der Waals surface area contributed by atoms with Gasteiger partial charge in [0.2, 0.25) is 0 Å². The van der Waals surface area contributed by atoms with Crippen LogP contribution in [0.2, 0.25) is 5.02 Å². The Morgan fingerprint density at radius 3 is 2.53 bits per heavy atom. The molecule has 11 heteroatoms. The summed E-state index contributed by atoms with van der Waals surface area (Å²) in [6.45, 7) is 0. The summed E-state index contributed by atoms with van der Waals surface area (Å²) in [5, 5.41) is 18.8. The summed E-state index contributed by atoms with van der Waals surface area (Å²) in [5.41, 5.74) is 4.61. The van der Waals surface area contributed by atoms with Crippen molar-refractivity contribution in [1.29, 1.82) is 5.41 Å². The molecule has 0 radical (unpaired) electrons. The van der Waals surface area contributed by atoms with Crippen molar-refractivity contribution < 1.29 is 18.0 Å². The highest BCUT2D eigenvalue weighted by atomic mass is 35.5. The maximum atomic E-state index is 13.3. The molecule has 2 aromatic rings. The Balaban J connectivity index is 1.51. The molecule has 3 atom stereocenters. The van der Waals surface area contributed by atoms with E-state index >= 15 is 0 Å². The van der Waals surface area contributed by atoms with Gasteiger partial charge in [0.1, 0.15) is 11.1 Å². The molecule has 4 rings (SSSR count). The van der Waals surface area contributed by atoms with Gasteiger partial charge in [-0.05, 0) is 56.4 Å². The number of nitrogens with one attached hydrogen (secondary N) is 3. The van der Waals surface area contributed by atoms with Crippen molar-refractivity contribution in [2.45, 2.75) is 55.9 Å². The zero-order valence-electron chi connectivity index (χ0n) is 17.1. The second-order valence-corrected chi connectivity index (χ2v) is 8.94. The number of nitrogens with two attached hydrogens (primary N) is 1. The van der Waals surface area contributed by atoms with Gasteiger partial charge < -0.3 is 21.8 Å². The SMILES string of the molecule is N=C[C@H]1C[C@@H](NC2(C(F)(F)F)CC2)CC[C@@H]1n1cc(C(N)=O)c(Nc2ccc(Cl)cc2)n1. The number of hydrogen-bond donors (Lipinski definition) is 4. The number of anilines is 2. The fourth-order valence-corrected chi connectivity index (χ4v) is 4.48. The number of carbonyl (C=O) groups excluding carboxylic acids is 1. The Labute approximate surface area is 188 Å². The van der Waals surface area contributed by atoms with E-state index in [4.69, 9.17) is 22.7 Å². The lowest BCUT2D eigenvalue weighted by atomic mass is 9.81. The first-order valence-corrected chi connectivity index (χ1v) is 10.8. The number of benzene rings is 1. The summed E-state index contributed by atoms with van der Waals surface area (Å²) in [4.78, 5) is 12.0. The predicted molar refractivity (Wildman–Crippen MR) is 116 cm³/mol. The van der Waals surface area contributed by atoms with Crippen LogP contribution in [-0.2, 0) is 0 Å². The lowest BCUT2D eigenvalue weighted by molar-refractivity contribution is -0.168. The Morgan fingerprint density at radius 2 is 1.97 bits per heavy atom. The van der Waals surface area contributed by atoms with Gasteiger partial charge in [-0.2, -0.15) is 18.3 Å². The predicted octanol–water partition coefficient (Wildman–Crippen LogP) is 4.42. The highest BCUT2D eigenvalue weighted by Crippen LogP contribution is 2.50. The molecular formula is C21H24ClF3N6O. The summed E-state index contributed by atoms with van der Waals surface area (Å²) in [5.74, 6) is -0.706. The third-order valence-electron chi connectivity index (χ3n) is 6.29. The number of hydrogen-bond acceptors (Lipinski definition) is 5. The zero-order valence-corrected chi connectivity index (χ0v) is 17.9. The van der Waals surface area contributed by atoms with E-state index in [1.165, 1.54) is 12.4 Å². The highest BCUT2D eigenvalue weighted by Gasteiger charge is 2.63. The molecule has 0 unspecified atom stereocenters. The maximum Gasteiger partial charge on any atom is 0.406 e. The molecule has 0 saturated heterocycles. The molecule has 1 aromatic carbocycles. The van der Waals surface area contributed by atoms with Crippen molar-refractivity contribution in [1.82, 2.24) is 15.1 Å². The summed E-state index contributed by atoms with van der Waals surface area (Å²) in [7, 11) is 0. The number of halogens is 4. The third-order valence-corrected chi connectivity index (χ3v) is 6.55. The summed E-state index contributed by atoms with van der Waals surface area (Å²) in [6, 6.07) is 6.26. The van der Waals surface area contributed by atoms with Crippen molar-refractivity contribution in [2.24, 2.45) is 11.7 Å². The van der Waals surface area contributed by atoms with Crippen molar-refractivity contribution in [3.63, 3.8) is 0 Å². The number of aromatic nitrogens is 2. The van der Waals surface area contributed by atoms with Gasteiger partial charge in [-0.3, -0.25) is 9.48 Å². The molecule has 2 saturated carbocycles. The fourth-order valence-electron chi connectivity index (χ4n) is 4.36. The Bertz CT molecular complexity index is 1000. The number of amides is 1. The molecule has 2 aliphatic carbocycles. The number of rotatable bonds is 7. The van der Waals surface area contributed by atoms with E-state index in [2.05, 4.69) is 15.7 Å². The average Bonchev–Trinajstić information content (AvgIpc) is 3.41. The molecule has 1 amide bonds. The van der Waals surface area contributed by atoms with E-state index in [1.54, 1.807) is 28.9 Å². The van der Waals surface area contributed by atoms with Crippen LogP contribution in [0.5, 0.6) is 0 Å². The quantitative estimate of drug-likeness (QED) is 0.451. The van der Waals surface area contributed by atoms with Gasteiger partial charge in [0.25, 0.3) is 5.91 Å². The lowest BCUT2D eigenvalue weighted by Gasteiger charge is -2.37. The summed E-state index contributed by atoms with van der Waals surface area (Å²) in [6.07, 6.45) is 0.114. The molecule has 5 N–H and O–H groups in total. The average molecular weight is 469 g/mol. The van der Waals surface area contributed by atoms with Gasteiger partial charge in [-0.15, -0.1) is 0 Å². The largest absolute Gasteiger partial charge is 0.406 e. The highest BCUT2D eigenvalue weighted by molar-refractivity contribution is 6.30. The second-order valence-electron chi connectivity index (χ2n) is 8.50. The summed E-state index contributed by atoms with van der Waals surface area (Å²) >= 11 is 5.90. The van der Waals surface area contributed by atoms with Gasteiger partial charge >= 0.3 is 6.18 Å². The minimum atomic E-state index is -4.27. The number of nitrogens with zero attached hydrogens (tertiary/aromatic N) is 2. The van der Waals surface area contributed by atoms with E-state index in [1.807, 2.05) is 0 Å². The monoisotopic (exact) mass is 468 g/mol. The van der Waals surface area contributed by atoms with Crippen molar-refractivity contribution in [2.75, 3.05) is 5.32 Å². The second kappa shape index (κ2) is 8.40. The maximum absolute atomic E-state index is 13.3. The third kappa shape index (κ3) is 4.47. The molecule has 1 heterocycles. The van der Waals surface area contributed by atoms with Crippen LogP contribution in [0.25, 0.3) is 0 Å². The summed E-state index contributed by atoms with van der Waals surface area (Å²) < 4.78 is 41.5. The topological polar surface area (TPSA) is 109 Å². The van der Waals surface area contributed by atoms with E-state index in [0.29, 0.717) is 30.0 Å². The van der Waals surface area contributed by atoms with Crippen LogP contribution in [0.15, 0.2) is 30.5 Å². The van der Waals surface area contributed by atoms with Gasteiger partial charge in [0, 0.05) is 35.1 Å². The van der Waals surface area contributed by atoms with Crippen LogP contribution < -0.4 is 16.4 Å². The smallest absolute Gasteiger partial charge is 0.365 e. The minimum absolute atomic E-state index is 0.0898. The number of alkyl halides is 3. The molecule has 0 spiro atoms. The minimum Gasteiger partial charge on any atom is -0.365 e. The van der Waals surface area contributed by atoms with Crippen molar-refractivity contribution in [3.8, 4) is 0 Å². The Kier molecular flexibility index (Phi) is 5.93. The standard InChI is InChI=1S/C21H24ClF3N6O/c22-13-1-3-14(4-2-13)28-19-16(18(27)32)11-31(30-19)17-6-5-15(9-12(17)10-26)29-20(7-8-20)21(23,24)25/h1-4,10-12,15,17,26,29H,5-9H2,(H2,27,32)(H,28,30)/t12-,15+,17+/m1/s1. The molecule has 2 aliphatic rings. The van der Waals surface area contributed by atoms with E-state index in [-0.39, 0.29) is 42.2 Å². The van der Waals surface area contributed by atoms with Crippen molar-refractivity contribution in [3.05, 3.63) is 41.0 Å². The van der Waals surface area contributed by atoms with Crippen molar-refractivity contribution >= 4 is 35.2 Å². The first-order valence-electron chi connectivity index (χ1n) is 10.4.